The third-order valence-electron chi connectivity index (χ3n) is 4.13. The van der Waals surface area contributed by atoms with Gasteiger partial charge in [-0.3, -0.25) is 4.79 Å². The van der Waals surface area contributed by atoms with E-state index in [9.17, 15) is 4.79 Å². The van der Waals surface area contributed by atoms with Crippen LogP contribution < -0.4 is 5.32 Å². The van der Waals surface area contributed by atoms with Crippen molar-refractivity contribution in [1.29, 1.82) is 0 Å². The van der Waals surface area contributed by atoms with Crippen molar-refractivity contribution in [2.45, 2.75) is 26.2 Å². The van der Waals surface area contributed by atoms with Gasteiger partial charge >= 0.3 is 0 Å². The summed E-state index contributed by atoms with van der Waals surface area (Å²) in [5, 5.41) is 3.82. The number of nitrogens with one attached hydrogen (secondary N) is 1. The van der Waals surface area contributed by atoms with E-state index in [2.05, 4.69) is 5.32 Å². The minimum atomic E-state index is 0. The van der Waals surface area contributed by atoms with Crippen LogP contribution in [0.15, 0.2) is 18.2 Å². The fourth-order valence-corrected chi connectivity index (χ4v) is 2.94. The minimum Gasteiger partial charge on any atom is -0.339 e. The molecule has 0 spiro atoms. The highest BCUT2D eigenvalue weighted by molar-refractivity contribution is 6.31. The quantitative estimate of drug-likeness (QED) is 0.915. The van der Waals surface area contributed by atoms with Crippen LogP contribution >= 0.6 is 24.0 Å². The van der Waals surface area contributed by atoms with Gasteiger partial charge in [0.05, 0.1) is 0 Å². The number of halogens is 2. The number of aryl methyl sites for hydroxylation is 1. The Kier molecular flexibility index (Phi) is 7.50. The summed E-state index contributed by atoms with van der Waals surface area (Å²) in [4.78, 5) is 14.5. The molecule has 118 valence electrons. The number of hydrogen-bond donors (Lipinski definition) is 1. The molecular weight excluding hydrogens is 307 g/mol. The zero-order chi connectivity index (χ0) is 14.5. The van der Waals surface area contributed by atoms with Crippen molar-refractivity contribution in [1.82, 2.24) is 10.2 Å². The first-order valence-electron chi connectivity index (χ1n) is 7.32. The molecule has 21 heavy (non-hydrogen) atoms. The Labute approximate surface area is 138 Å². The van der Waals surface area contributed by atoms with Crippen LogP contribution in [-0.4, -0.2) is 37.5 Å². The molecule has 0 aliphatic carbocycles. The van der Waals surface area contributed by atoms with Crippen molar-refractivity contribution in [2.24, 2.45) is 5.92 Å². The molecule has 2 rings (SSSR count). The number of piperidine rings is 1. The van der Waals surface area contributed by atoms with E-state index in [4.69, 9.17) is 11.6 Å². The van der Waals surface area contributed by atoms with E-state index in [1.807, 2.05) is 31.0 Å². The maximum Gasteiger partial charge on any atom is 0.254 e. The second-order valence-electron chi connectivity index (χ2n) is 5.59. The van der Waals surface area contributed by atoms with Crippen LogP contribution in [0.2, 0.25) is 5.02 Å². The number of amides is 1. The smallest absolute Gasteiger partial charge is 0.254 e. The molecule has 1 aromatic rings. The van der Waals surface area contributed by atoms with Crippen LogP contribution in [0.5, 0.6) is 0 Å². The lowest BCUT2D eigenvalue weighted by molar-refractivity contribution is 0.0686. The van der Waals surface area contributed by atoms with Gasteiger partial charge in [-0.05, 0) is 63.4 Å². The summed E-state index contributed by atoms with van der Waals surface area (Å²) >= 11 is 6.00. The lowest BCUT2D eigenvalue weighted by atomic mass is 9.93. The SMILES string of the molecule is CNCCC1CCN(C(=O)c2cc(Cl)ccc2C)CC1.Cl. The van der Waals surface area contributed by atoms with Gasteiger partial charge in [-0.2, -0.15) is 0 Å². The molecule has 1 aromatic carbocycles. The van der Waals surface area contributed by atoms with Crippen LogP contribution in [0.4, 0.5) is 0 Å². The summed E-state index contributed by atoms with van der Waals surface area (Å²) in [7, 11) is 1.99. The molecule has 1 aliphatic rings. The molecular formula is C16H24Cl2N2O. The minimum absolute atomic E-state index is 0. The van der Waals surface area contributed by atoms with E-state index in [-0.39, 0.29) is 18.3 Å². The van der Waals surface area contributed by atoms with Gasteiger partial charge in [0.25, 0.3) is 5.91 Å². The normalized spacial score (nSPS) is 15.7. The Morgan fingerprint density at radius 3 is 2.67 bits per heavy atom. The molecule has 0 aromatic heterocycles. The first-order valence-corrected chi connectivity index (χ1v) is 7.69. The van der Waals surface area contributed by atoms with Crippen LogP contribution in [0, 0.1) is 12.8 Å². The molecule has 1 heterocycles. The second-order valence-corrected chi connectivity index (χ2v) is 6.02. The summed E-state index contributed by atoms with van der Waals surface area (Å²) < 4.78 is 0. The molecule has 1 saturated heterocycles. The number of nitrogens with zero attached hydrogens (tertiary/aromatic N) is 1. The highest BCUT2D eigenvalue weighted by atomic mass is 35.5. The first kappa shape index (κ1) is 18.3. The third kappa shape index (κ3) is 4.87. The van der Waals surface area contributed by atoms with Gasteiger partial charge in [0.2, 0.25) is 0 Å². The molecule has 1 aliphatic heterocycles. The molecule has 3 nitrogen and oxygen atoms in total. The van der Waals surface area contributed by atoms with Crippen molar-refractivity contribution in [3.63, 3.8) is 0 Å². The molecule has 0 saturated carbocycles. The lowest BCUT2D eigenvalue weighted by Crippen LogP contribution is -2.39. The van der Waals surface area contributed by atoms with Crippen LogP contribution in [0.3, 0.4) is 0 Å². The van der Waals surface area contributed by atoms with Crippen molar-refractivity contribution in [3.8, 4) is 0 Å². The zero-order valence-corrected chi connectivity index (χ0v) is 14.3. The van der Waals surface area contributed by atoms with E-state index >= 15 is 0 Å². The van der Waals surface area contributed by atoms with E-state index in [0.29, 0.717) is 5.02 Å². The van der Waals surface area contributed by atoms with E-state index in [1.165, 1.54) is 6.42 Å². The Morgan fingerprint density at radius 2 is 2.05 bits per heavy atom. The predicted molar refractivity (Wildman–Crippen MR) is 90.6 cm³/mol. The molecule has 0 radical (unpaired) electrons. The number of rotatable bonds is 4. The van der Waals surface area contributed by atoms with Gasteiger partial charge in [-0.25, -0.2) is 0 Å². The molecule has 0 unspecified atom stereocenters. The summed E-state index contributed by atoms with van der Waals surface area (Å²) in [6.45, 7) is 4.74. The third-order valence-corrected chi connectivity index (χ3v) is 4.37. The summed E-state index contributed by atoms with van der Waals surface area (Å²) in [6, 6.07) is 5.53. The predicted octanol–water partition coefficient (Wildman–Crippen LogP) is 3.53. The van der Waals surface area contributed by atoms with E-state index < -0.39 is 0 Å². The fourth-order valence-electron chi connectivity index (χ4n) is 2.77. The van der Waals surface area contributed by atoms with E-state index in [0.717, 1.165) is 49.5 Å². The maximum atomic E-state index is 12.5. The molecule has 0 atom stereocenters. The summed E-state index contributed by atoms with van der Waals surface area (Å²) in [5.41, 5.74) is 1.74. The monoisotopic (exact) mass is 330 g/mol. The number of carbonyl (C=O) groups excluding carboxylic acids is 1. The molecule has 1 fully saturated rings. The van der Waals surface area contributed by atoms with Gasteiger partial charge in [-0.1, -0.05) is 17.7 Å². The first-order chi connectivity index (χ1) is 9.61. The number of hydrogen-bond acceptors (Lipinski definition) is 2. The van der Waals surface area contributed by atoms with Gasteiger partial charge in [0, 0.05) is 23.7 Å². The average molecular weight is 331 g/mol. The largest absolute Gasteiger partial charge is 0.339 e. The molecule has 1 N–H and O–H groups in total. The van der Waals surface area contributed by atoms with Gasteiger partial charge in [0.15, 0.2) is 0 Å². The summed E-state index contributed by atoms with van der Waals surface area (Å²) in [5.74, 6) is 0.865. The average Bonchev–Trinajstić information content (AvgIpc) is 2.47. The standard InChI is InChI=1S/C16H23ClN2O.ClH/c1-12-3-4-14(17)11-15(12)16(20)19-9-6-13(7-10-19)5-8-18-2;/h3-4,11,13,18H,5-10H2,1-2H3;1H. The van der Waals surface area contributed by atoms with Gasteiger partial charge in [0.1, 0.15) is 0 Å². The fraction of sp³-hybridized carbons (Fsp3) is 0.562. The van der Waals surface area contributed by atoms with Crippen molar-refractivity contribution < 1.29 is 4.79 Å². The molecule has 5 heteroatoms. The highest BCUT2D eigenvalue weighted by Crippen LogP contribution is 2.23. The van der Waals surface area contributed by atoms with Crippen LogP contribution in [-0.2, 0) is 0 Å². The van der Waals surface area contributed by atoms with Gasteiger partial charge < -0.3 is 10.2 Å². The van der Waals surface area contributed by atoms with Crippen LogP contribution in [0.1, 0.15) is 35.2 Å². The maximum absolute atomic E-state index is 12.5. The number of benzene rings is 1. The van der Waals surface area contributed by atoms with Crippen molar-refractivity contribution in [2.75, 3.05) is 26.7 Å². The number of likely N-dealkylation sites (tertiary alicyclic amines) is 1. The number of carbonyl (C=O) groups is 1. The zero-order valence-electron chi connectivity index (χ0n) is 12.7. The lowest BCUT2D eigenvalue weighted by Gasteiger charge is -2.32. The van der Waals surface area contributed by atoms with Crippen molar-refractivity contribution >= 4 is 29.9 Å². The Balaban J connectivity index is 0.00000220. The highest BCUT2D eigenvalue weighted by Gasteiger charge is 2.24. The Bertz CT molecular complexity index is 471. The van der Waals surface area contributed by atoms with E-state index in [1.54, 1.807) is 6.07 Å². The molecule has 0 bridgehead atoms. The topological polar surface area (TPSA) is 32.3 Å². The Hall–Kier alpha value is -0.770. The van der Waals surface area contributed by atoms with Crippen LogP contribution in [0.25, 0.3) is 0 Å². The van der Waals surface area contributed by atoms with Crippen molar-refractivity contribution in [3.05, 3.63) is 34.3 Å². The summed E-state index contributed by atoms with van der Waals surface area (Å²) in [6.07, 6.45) is 3.41. The Morgan fingerprint density at radius 1 is 1.38 bits per heavy atom. The van der Waals surface area contributed by atoms with Gasteiger partial charge in [-0.15, -0.1) is 12.4 Å². The second kappa shape index (κ2) is 8.62. The molecule has 1 amide bonds.